The van der Waals surface area contributed by atoms with Gasteiger partial charge in [0, 0.05) is 13.0 Å². The lowest BCUT2D eigenvalue weighted by Gasteiger charge is -2.26. The number of para-hydroxylation sites is 1. The Morgan fingerprint density at radius 3 is 2.87 bits per heavy atom. The van der Waals surface area contributed by atoms with Crippen LogP contribution in [0.15, 0.2) is 18.2 Å². The van der Waals surface area contributed by atoms with E-state index in [0.29, 0.717) is 5.69 Å². The fourth-order valence-electron chi connectivity index (χ4n) is 2.69. The molecule has 8 heteroatoms. The summed E-state index contributed by atoms with van der Waals surface area (Å²) in [7, 11) is 0. The van der Waals surface area contributed by atoms with Gasteiger partial charge in [0.15, 0.2) is 11.9 Å². The number of benzene rings is 1. The molecule has 2 aliphatic heterocycles. The van der Waals surface area contributed by atoms with Crippen LogP contribution in [-0.2, 0) is 9.59 Å². The summed E-state index contributed by atoms with van der Waals surface area (Å²) in [4.78, 5) is 36.3. The average Bonchev–Trinajstić information content (AvgIpc) is 2.91. The Labute approximate surface area is 131 Å². The molecule has 0 bridgehead atoms. The molecule has 1 saturated heterocycles. The molecular formula is C15H15FN2O5. The highest BCUT2D eigenvalue weighted by molar-refractivity contribution is 6.04. The van der Waals surface area contributed by atoms with Gasteiger partial charge in [0.05, 0.1) is 17.8 Å². The molecule has 2 amide bonds. The van der Waals surface area contributed by atoms with Crippen molar-refractivity contribution in [2.75, 3.05) is 18.4 Å². The highest BCUT2D eigenvalue weighted by Gasteiger charge is 2.47. The van der Waals surface area contributed by atoms with Crippen molar-refractivity contribution < 1.29 is 28.6 Å². The molecule has 0 spiro atoms. The topological polar surface area (TPSA) is 95.9 Å². The number of amides is 2. The summed E-state index contributed by atoms with van der Waals surface area (Å²) in [6.45, 7) is 1.05. The number of carboxylic acids is 1. The van der Waals surface area contributed by atoms with E-state index in [1.54, 1.807) is 19.1 Å². The van der Waals surface area contributed by atoms with Crippen molar-refractivity contribution in [1.82, 2.24) is 4.90 Å². The largest absolute Gasteiger partial charge is 0.479 e. The van der Waals surface area contributed by atoms with Gasteiger partial charge >= 0.3 is 5.97 Å². The van der Waals surface area contributed by atoms with E-state index in [0.717, 1.165) is 4.90 Å². The second-order valence-electron chi connectivity index (χ2n) is 5.68. The smallest absolute Gasteiger partial charge is 0.343 e. The van der Waals surface area contributed by atoms with Gasteiger partial charge in [-0.05, 0) is 19.1 Å². The number of aliphatic carboxylic acids is 1. The van der Waals surface area contributed by atoms with Crippen LogP contribution >= 0.6 is 0 Å². The first-order valence-electron chi connectivity index (χ1n) is 7.14. The van der Waals surface area contributed by atoms with Crippen LogP contribution in [0.3, 0.4) is 0 Å². The zero-order chi connectivity index (χ0) is 16.8. The van der Waals surface area contributed by atoms with E-state index in [4.69, 9.17) is 9.84 Å². The molecule has 23 heavy (non-hydrogen) atoms. The van der Waals surface area contributed by atoms with E-state index < -0.39 is 30.2 Å². The highest BCUT2D eigenvalue weighted by atomic mass is 19.1. The van der Waals surface area contributed by atoms with E-state index in [-0.39, 0.29) is 30.2 Å². The zero-order valence-corrected chi connectivity index (χ0v) is 12.3. The number of nitrogens with zero attached hydrogens (tertiary/aromatic N) is 1. The minimum atomic E-state index is -2.42. The summed E-state index contributed by atoms with van der Waals surface area (Å²) in [5, 5.41) is 11.5. The van der Waals surface area contributed by atoms with Crippen LogP contribution in [0.5, 0.6) is 5.75 Å². The lowest BCUT2D eigenvalue weighted by molar-refractivity contribution is -0.149. The molecule has 3 rings (SSSR count). The van der Waals surface area contributed by atoms with Crippen molar-refractivity contribution >= 4 is 23.5 Å². The number of fused-ring (bicyclic) bond motifs is 1. The van der Waals surface area contributed by atoms with Crippen LogP contribution in [0.1, 0.15) is 23.7 Å². The summed E-state index contributed by atoms with van der Waals surface area (Å²) in [6, 6.07) is 4.67. The van der Waals surface area contributed by atoms with E-state index in [9.17, 15) is 18.8 Å². The van der Waals surface area contributed by atoms with E-state index in [2.05, 4.69) is 5.32 Å². The van der Waals surface area contributed by atoms with Crippen molar-refractivity contribution in [2.24, 2.45) is 0 Å². The van der Waals surface area contributed by atoms with Crippen molar-refractivity contribution in [2.45, 2.75) is 25.1 Å². The number of ether oxygens (including phenoxy) is 1. The molecule has 1 aromatic carbocycles. The summed E-state index contributed by atoms with van der Waals surface area (Å²) in [6.07, 6.45) is -1.01. The molecule has 0 saturated carbocycles. The molecule has 0 radical (unpaired) electrons. The minimum absolute atomic E-state index is 0.00716. The van der Waals surface area contributed by atoms with Gasteiger partial charge in [-0.2, -0.15) is 0 Å². The van der Waals surface area contributed by atoms with Crippen LogP contribution in [0.4, 0.5) is 10.1 Å². The van der Waals surface area contributed by atoms with Gasteiger partial charge in [0.25, 0.3) is 11.8 Å². The van der Waals surface area contributed by atoms with Gasteiger partial charge in [0.2, 0.25) is 5.67 Å². The Kier molecular flexibility index (Phi) is 3.46. The monoisotopic (exact) mass is 322 g/mol. The number of hydrogen-bond donors (Lipinski definition) is 2. The van der Waals surface area contributed by atoms with Crippen molar-refractivity contribution in [3.8, 4) is 5.75 Å². The Balaban J connectivity index is 1.89. The molecule has 0 aliphatic carbocycles. The van der Waals surface area contributed by atoms with Crippen molar-refractivity contribution in [3.63, 3.8) is 0 Å². The summed E-state index contributed by atoms with van der Waals surface area (Å²) in [5.41, 5.74) is -1.89. The predicted octanol–water partition coefficient (Wildman–Crippen LogP) is 1.04. The first-order chi connectivity index (χ1) is 10.8. The van der Waals surface area contributed by atoms with Crippen LogP contribution < -0.4 is 10.1 Å². The van der Waals surface area contributed by atoms with Crippen LogP contribution in [0.25, 0.3) is 0 Å². The maximum Gasteiger partial charge on any atom is 0.343 e. The first kappa shape index (κ1) is 15.3. The van der Waals surface area contributed by atoms with Crippen molar-refractivity contribution in [1.29, 1.82) is 0 Å². The fraction of sp³-hybridized carbons (Fsp3) is 0.400. The molecule has 2 unspecified atom stereocenters. The number of carbonyl (C=O) groups excluding carboxylic acids is 2. The van der Waals surface area contributed by atoms with Gasteiger partial charge in [0.1, 0.15) is 0 Å². The average molecular weight is 322 g/mol. The summed E-state index contributed by atoms with van der Waals surface area (Å²) < 4.78 is 19.6. The molecule has 0 aromatic heterocycles. The fourth-order valence-corrected chi connectivity index (χ4v) is 2.69. The van der Waals surface area contributed by atoms with Gasteiger partial charge in [-0.1, -0.05) is 6.07 Å². The molecule has 1 fully saturated rings. The van der Waals surface area contributed by atoms with Gasteiger partial charge in [-0.3, -0.25) is 9.59 Å². The number of carboxylic acid groups (broad SMARTS) is 1. The number of anilines is 1. The molecule has 2 N–H and O–H groups in total. The quantitative estimate of drug-likeness (QED) is 0.848. The molecule has 2 heterocycles. The van der Waals surface area contributed by atoms with Crippen molar-refractivity contribution in [3.05, 3.63) is 23.8 Å². The number of rotatable bonds is 2. The number of alkyl halides is 1. The Hall–Kier alpha value is -2.64. The van der Waals surface area contributed by atoms with Crippen LogP contribution in [-0.4, -0.2) is 52.7 Å². The Morgan fingerprint density at radius 2 is 2.22 bits per heavy atom. The standard InChI is InChI=1S/C15H15FN2O5/c1-8-12(19)17-10-4-2-3-9(11(10)23-8)13(20)18-6-5-15(16,7-18)14(21)22/h2-4,8H,5-7H2,1H3,(H,17,19)(H,21,22). The maximum absolute atomic E-state index is 14.1. The molecule has 122 valence electrons. The van der Waals surface area contributed by atoms with E-state index in [1.807, 2.05) is 0 Å². The molecule has 7 nitrogen and oxygen atoms in total. The second kappa shape index (κ2) is 5.22. The third kappa shape index (κ3) is 2.49. The Bertz CT molecular complexity index is 707. The minimum Gasteiger partial charge on any atom is -0.479 e. The number of carbonyl (C=O) groups is 3. The number of hydrogen-bond acceptors (Lipinski definition) is 4. The van der Waals surface area contributed by atoms with Crippen LogP contribution in [0, 0.1) is 0 Å². The second-order valence-corrected chi connectivity index (χ2v) is 5.68. The van der Waals surface area contributed by atoms with Crippen LogP contribution in [0.2, 0.25) is 0 Å². The van der Waals surface area contributed by atoms with Gasteiger partial charge in [-0.15, -0.1) is 0 Å². The normalized spacial score (nSPS) is 26.3. The molecule has 2 atom stereocenters. The molecule has 1 aromatic rings. The third-order valence-corrected chi connectivity index (χ3v) is 4.06. The van der Waals surface area contributed by atoms with E-state index in [1.165, 1.54) is 6.07 Å². The van der Waals surface area contributed by atoms with E-state index >= 15 is 0 Å². The number of likely N-dealkylation sites (tertiary alicyclic amines) is 1. The maximum atomic E-state index is 14.1. The zero-order valence-electron chi connectivity index (χ0n) is 12.3. The lowest BCUT2D eigenvalue weighted by atomic mass is 10.1. The summed E-state index contributed by atoms with van der Waals surface area (Å²) in [5.74, 6) is -2.20. The first-order valence-corrected chi connectivity index (χ1v) is 7.14. The third-order valence-electron chi connectivity index (χ3n) is 4.06. The predicted molar refractivity (Wildman–Crippen MR) is 77.2 cm³/mol. The highest BCUT2D eigenvalue weighted by Crippen LogP contribution is 2.35. The SMILES string of the molecule is CC1Oc2c(cccc2C(=O)N2CCC(F)(C(=O)O)C2)NC1=O. The Morgan fingerprint density at radius 1 is 1.48 bits per heavy atom. The number of nitrogens with one attached hydrogen (secondary N) is 1. The van der Waals surface area contributed by atoms with Gasteiger partial charge < -0.3 is 20.1 Å². The van der Waals surface area contributed by atoms with Gasteiger partial charge in [-0.25, -0.2) is 9.18 Å². The molecule has 2 aliphatic rings. The molecular weight excluding hydrogens is 307 g/mol. The lowest BCUT2D eigenvalue weighted by Crippen LogP contribution is -2.39. The summed E-state index contributed by atoms with van der Waals surface area (Å²) >= 11 is 0. The number of halogens is 1.